The number of pyridine rings is 1. The molecule has 0 radical (unpaired) electrons. The molecular weight excluding hydrogens is 486 g/mol. The average molecular weight is 518 g/mol. The highest BCUT2D eigenvalue weighted by molar-refractivity contribution is 7.93. The number of ether oxygens (including phenoxy) is 4. The molecule has 1 aliphatic carbocycles. The topological polar surface area (TPSA) is 127 Å². The average Bonchev–Trinajstić information content (AvgIpc) is 3.27. The van der Waals surface area contributed by atoms with Crippen LogP contribution < -0.4 is 18.9 Å². The Labute approximate surface area is 210 Å². The monoisotopic (exact) mass is 517 g/mol. The van der Waals surface area contributed by atoms with Crippen molar-refractivity contribution in [1.82, 2.24) is 19.7 Å². The van der Waals surface area contributed by atoms with Gasteiger partial charge in [0.15, 0.2) is 5.82 Å². The van der Waals surface area contributed by atoms with E-state index in [4.69, 9.17) is 18.9 Å². The predicted molar refractivity (Wildman–Crippen MR) is 134 cm³/mol. The van der Waals surface area contributed by atoms with Crippen LogP contribution in [0, 0.1) is 5.92 Å². The summed E-state index contributed by atoms with van der Waals surface area (Å²) < 4.78 is 53.2. The Morgan fingerprint density at radius 3 is 2.19 bits per heavy atom. The van der Waals surface area contributed by atoms with Crippen LogP contribution >= 0.6 is 0 Å². The molecule has 1 N–H and O–H groups in total. The van der Waals surface area contributed by atoms with Gasteiger partial charge in [0.05, 0.1) is 27.4 Å². The van der Waals surface area contributed by atoms with Gasteiger partial charge in [-0.05, 0) is 43.9 Å². The van der Waals surface area contributed by atoms with Crippen LogP contribution in [0.5, 0.6) is 17.4 Å². The Kier molecular flexibility index (Phi) is 7.65. The predicted octanol–water partition coefficient (Wildman–Crippen LogP) is 3.30. The van der Waals surface area contributed by atoms with Gasteiger partial charge in [-0.3, -0.25) is 9.29 Å². The lowest BCUT2D eigenvalue weighted by molar-refractivity contribution is 0.0194. The molecule has 2 heterocycles. The number of anilines is 1. The van der Waals surface area contributed by atoms with Crippen molar-refractivity contribution in [2.24, 2.45) is 5.92 Å². The fraction of sp³-hybridized carbons (Fsp3) is 0.458. The Bertz CT molecular complexity index is 1290. The van der Waals surface area contributed by atoms with E-state index in [9.17, 15) is 8.42 Å². The quantitative estimate of drug-likeness (QED) is 0.407. The zero-order valence-electron chi connectivity index (χ0n) is 21.0. The molecule has 4 rings (SSSR count). The lowest BCUT2D eigenvalue weighted by Crippen LogP contribution is -2.43. The molecule has 0 aliphatic heterocycles. The van der Waals surface area contributed by atoms with Crippen LogP contribution in [0.3, 0.4) is 0 Å². The molecular formula is C24H31N5O6S. The van der Waals surface area contributed by atoms with Gasteiger partial charge in [0, 0.05) is 13.2 Å². The Morgan fingerprint density at radius 1 is 0.972 bits per heavy atom. The summed E-state index contributed by atoms with van der Waals surface area (Å²) >= 11 is 0. The van der Waals surface area contributed by atoms with Crippen molar-refractivity contribution in [2.45, 2.75) is 37.5 Å². The van der Waals surface area contributed by atoms with Crippen molar-refractivity contribution >= 4 is 16.0 Å². The van der Waals surface area contributed by atoms with Gasteiger partial charge in [0.2, 0.25) is 21.9 Å². The van der Waals surface area contributed by atoms with Crippen molar-refractivity contribution in [2.75, 3.05) is 33.2 Å². The van der Waals surface area contributed by atoms with Crippen molar-refractivity contribution in [3.63, 3.8) is 0 Å². The number of nitrogens with zero attached hydrogens (tertiary/aromatic N) is 4. The Balaban J connectivity index is 1.85. The van der Waals surface area contributed by atoms with Crippen LogP contribution in [0.1, 0.15) is 26.2 Å². The second-order valence-corrected chi connectivity index (χ2v) is 10.5. The van der Waals surface area contributed by atoms with E-state index in [0.29, 0.717) is 28.8 Å². The minimum absolute atomic E-state index is 0.0345. The molecule has 3 aromatic rings. The summed E-state index contributed by atoms with van der Waals surface area (Å²) in [5, 5.41) is 7.66. The van der Waals surface area contributed by atoms with E-state index in [-0.39, 0.29) is 17.7 Å². The molecule has 1 aliphatic rings. The van der Waals surface area contributed by atoms with Crippen LogP contribution in [0.25, 0.3) is 17.2 Å². The first-order valence-corrected chi connectivity index (χ1v) is 13.1. The van der Waals surface area contributed by atoms with Gasteiger partial charge in [-0.25, -0.2) is 13.4 Å². The summed E-state index contributed by atoms with van der Waals surface area (Å²) in [4.78, 5) is 4.46. The van der Waals surface area contributed by atoms with Gasteiger partial charge in [-0.2, -0.15) is 0 Å². The number of para-hydroxylation sites is 1. The van der Waals surface area contributed by atoms with Gasteiger partial charge in [0.1, 0.15) is 28.1 Å². The van der Waals surface area contributed by atoms with Gasteiger partial charge in [-0.1, -0.05) is 18.6 Å². The van der Waals surface area contributed by atoms with Crippen molar-refractivity contribution < 1.29 is 27.4 Å². The van der Waals surface area contributed by atoms with Gasteiger partial charge < -0.3 is 18.9 Å². The normalized spacial score (nSPS) is 15.6. The summed E-state index contributed by atoms with van der Waals surface area (Å²) in [6.45, 7) is 1.64. The SMILES string of the molecule is COc1cccc(-c2nnc(NS(=O)(=O)[C@H](C)[C@@H](OC)C3CCC3)n2-c2c(OC)cccc2OC)n1. The maximum Gasteiger partial charge on any atom is 0.243 e. The van der Waals surface area contributed by atoms with Gasteiger partial charge in [-0.15, -0.1) is 10.2 Å². The number of sulfonamides is 1. The molecule has 1 aromatic carbocycles. The van der Waals surface area contributed by atoms with Crippen LogP contribution in [0.15, 0.2) is 36.4 Å². The number of nitrogens with one attached hydrogen (secondary N) is 1. The third-order valence-corrected chi connectivity index (χ3v) is 8.24. The standard InChI is InChI=1S/C24H31N5O6S/c1-15(22(35-5)16-9-6-10-16)36(30,31)28-24-27-26-23(17-11-7-14-20(25-17)34-4)29(24)21-18(32-2)12-8-13-19(21)33-3/h7-8,11-16,22H,6,9-10H2,1-5H3,(H,27,28)/t15-,22-/m1/s1. The van der Waals surface area contributed by atoms with E-state index in [1.807, 2.05) is 0 Å². The highest BCUT2D eigenvalue weighted by atomic mass is 32.2. The first kappa shape index (κ1) is 25.7. The summed E-state index contributed by atoms with van der Waals surface area (Å²) in [5.74, 6) is 1.66. The van der Waals surface area contributed by atoms with Crippen LogP contribution in [-0.4, -0.2) is 68.0 Å². The van der Waals surface area contributed by atoms with E-state index in [2.05, 4.69) is 19.9 Å². The molecule has 36 heavy (non-hydrogen) atoms. The summed E-state index contributed by atoms with van der Waals surface area (Å²) in [6.07, 6.45) is 2.52. The molecule has 0 spiro atoms. The molecule has 0 amide bonds. The van der Waals surface area contributed by atoms with E-state index in [1.165, 1.54) is 25.9 Å². The van der Waals surface area contributed by atoms with E-state index in [1.54, 1.807) is 50.4 Å². The highest BCUT2D eigenvalue weighted by Crippen LogP contribution is 2.38. The maximum absolute atomic E-state index is 13.5. The fourth-order valence-corrected chi connectivity index (χ4v) is 5.62. The van der Waals surface area contributed by atoms with E-state index >= 15 is 0 Å². The first-order valence-electron chi connectivity index (χ1n) is 11.6. The van der Waals surface area contributed by atoms with Crippen LogP contribution in [0.2, 0.25) is 0 Å². The molecule has 1 fully saturated rings. The summed E-state index contributed by atoms with van der Waals surface area (Å²) in [5.41, 5.74) is 0.831. The molecule has 2 atom stereocenters. The minimum atomic E-state index is -3.92. The highest BCUT2D eigenvalue weighted by Gasteiger charge is 2.39. The molecule has 0 unspecified atom stereocenters. The lowest BCUT2D eigenvalue weighted by Gasteiger charge is -2.35. The van der Waals surface area contributed by atoms with Crippen molar-refractivity contribution in [3.05, 3.63) is 36.4 Å². The molecule has 0 bridgehead atoms. The largest absolute Gasteiger partial charge is 0.494 e. The van der Waals surface area contributed by atoms with Gasteiger partial charge in [0.25, 0.3) is 0 Å². The Hall–Kier alpha value is -3.38. The molecule has 1 saturated carbocycles. The summed E-state index contributed by atoms with van der Waals surface area (Å²) in [6, 6.07) is 10.4. The number of methoxy groups -OCH3 is 4. The molecule has 194 valence electrons. The molecule has 2 aromatic heterocycles. The molecule has 12 heteroatoms. The smallest absolute Gasteiger partial charge is 0.243 e. The zero-order chi connectivity index (χ0) is 25.9. The lowest BCUT2D eigenvalue weighted by atomic mass is 9.80. The number of aromatic nitrogens is 4. The maximum atomic E-state index is 13.5. The first-order chi connectivity index (χ1) is 17.3. The number of hydrogen-bond acceptors (Lipinski definition) is 9. The minimum Gasteiger partial charge on any atom is -0.494 e. The second kappa shape index (κ2) is 10.7. The summed E-state index contributed by atoms with van der Waals surface area (Å²) in [7, 11) is 2.16. The fourth-order valence-electron chi connectivity index (χ4n) is 4.37. The van der Waals surface area contributed by atoms with Crippen LogP contribution in [0.4, 0.5) is 5.95 Å². The molecule has 11 nitrogen and oxygen atoms in total. The third-order valence-electron chi connectivity index (χ3n) is 6.52. The number of hydrogen-bond donors (Lipinski definition) is 1. The number of rotatable bonds is 11. The zero-order valence-corrected chi connectivity index (χ0v) is 21.8. The Morgan fingerprint density at radius 2 is 1.64 bits per heavy atom. The van der Waals surface area contributed by atoms with Gasteiger partial charge >= 0.3 is 0 Å². The van der Waals surface area contributed by atoms with E-state index < -0.39 is 21.4 Å². The second-order valence-electron chi connectivity index (χ2n) is 8.50. The number of benzene rings is 1. The van der Waals surface area contributed by atoms with Crippen molar-refractivity contribution in [1.29, 1.82) is 0 Å². The van der Waals surface area contributed by atoms with E-state index in [0.717, 1.165) is 19.3 Å². The van der Waals surface area contributed by atoms with Crippen LogP contribution in [-0.2, 0) is 14.8 Å². The third kappa shape index (κ3) is 4.82. The molecule has 0 saturated heterocycles. The van der Waals surface area contributed by atoms with Crippen molar-refractivity contribution in [3.8, 4) is 34.6 Å².